The van der Waals surface area contributed by atoms with Crippen molar-refractivity contribution in [2.24, 2.45) is 5.73 Å². The summed E-state index contributed by atoms with van der Waals surface area (Å²) in [6.45, 7) is 0. The summed E-state index contributed by atoms with van der Waals surface area (Å²) in [7, 11) is 1.38. The van der Waals surface area contributed by atoms with Gasteiger partial charge in [-0.1, -0.05) is 0 Å². The molecule has 11 heteroatoms. The molecular weight excluding hydrogens is 375 g/mol. The molecule has 3 N–H and O–H groups in total. The molecule has 2 heterocycles. The van der Waals surface area contributed by atoms with Gasteiger partial charge in [-0.25, -0.2) is 9.78 Å². The zero-order chi connectivity index (χ0) is 19.1. The highest BCUT2D eigenvalue weighted by Gasteiger charge is 2.37. The second-order valence-corrected chi connectivity index (χ2v) is 6.56. The number of rotatable bonds is 4. The number of primary amides is 1. The van der Waals surface area contributed by atoms with Crippen molar-refractivity contribution in [3.05, 3.63) is 22.6 Å². The predicted molar refractivity (Wildman–Crippen MR) is 86.1 cm³/mol. The molecule has 26 heavy (non-hydrogen) atoms. The third-order valence-electron chi connectivity index (χ3n) is 3.90. The largest absolute Gasteiger partial charge is 0.474 e. The van der Waals surface area contributed by atoms with E-state index in [0.717, 1.165) is 17.4 Å². The molecule has 0 atom stereocenters. The molecule has 0 radical (unpaired) electrons. The van der Waals surface area contributed by atoms with E-state index in [-0.39, 0.29) is 21.7 Å². The molecule has 140 valence electrons. The lowest BCUT2D eigenvalue weighted by Gasteiger charge is -2.33. The minimum Gasteiger partial charge on any atom is -0.474 e. The first-order valence-corrected chi connectivity index (χ1v) is 8.41. The SMILES string of the molecule is CNC(=O)c1csc2c(C(F)(F)F)cc(OC3CC(OC(N)=O)C3)nc12. The molecule has 2 amide bonds. The van der Waals surface area contributed by atoms with Gasteiger partial charge in [-0.2, -0.15) is 13.2 Å². The number of alkyl halides is 3. The third-order valence-corrected chi connectivity index (χ3v) is 4.90. The van der Waals surface area contributed by atoms with E-state index in [0.29, 0.717) is 12.8 Å². The lowest BCUT2D eigenvalue weighted by Crippen LogP contribution is -2.41. The highest BCUT2D eigenvalue weighted by Crippen LogP contribution is 2.40. The maximum Gasteiger partial charge on any atom is 0.418 e. The number of ether oxygens (including phenoxy) is 2. The fourth-order valence-electron chi connectivity index (χ4n) is 2.60. The highest BCUT2D eigenvalue weighted by atomic mass is 32.1. The molecule has 0 aromatic carbocycles. The number of carbonyl (C=O) groups is 2. The molecule has 1 aliphatic rings. The van der Waals surface area contributed by atoms with Gasteiger partial charge in [0, 0.05) is 31.3 Å². The van der Waals surface area contributed by atoms with Crippen LogP contribution in [0.2, 0.25) is 0 Å². The van der Waals surface area contributed by atoms with Crippen molar-refractivity contribution >= 4 is 33.6 Å². The van der Waals surface area contributed by atoms with E-state index < -0.39 is 35.9 Å². The second-order valence-electron chi connectivity index (χ2n) is 5.68. The minimum absolute atomic E-state index is 0.0481. The third kappa shape index (κ3) is 3.52. The number of amides is 2. The Morgan fingerprint density at radius 2 is 2.04 bits per heavy atom. The number of pyridine rings is 1. The van der Waals surface area contributed by atoms with Crippen molar-refractivity contribution in [1.29, 1.82) is 0 Å². The van der Waals surface area contributed by atoms with E-state index in [1.165, 1.54) is 12.4 Å². The van der Waals surface area contributed by atoms with Crippen LogP contribution in [0, 0.1) is 0 Å². The number of thiophene rings is 1. The molecule has 7 nitrogen and oxygen atoms in total. The van der Waals surface area contributed by atoms with Crippen molar-refractivity contribution in [3.63, 3.8) is 0 Å². The zero-order valence-corrected chi connectivity index (χ0v) is 14.2. The number of nitrogens with two attached hydrogens (primary N) is 1. The van der Waals surface area contributed by atoms with Crippen LogP contribution in [0.4, 0.5) is 18.0 Å². The predicted octanol–water partition coefficient (Wildman–Crippen LogP) is 2.68. The molecule has 2 aromatic rings. The molecule has 1 fully saturated rings. The van der Waals surface area contributed by atoms with E-state index >= 15 is 0 Å². The molecule has 0 spiro atoms. The Bertz CT molecular complexity index is 862. The highest BCUT2D eigenvalue weighted by molar-refractivity contribution is 7.17. The summed E-state index contributed by atoms with van der Waals surface area (Å²) in [5, 5.41) is 3.70. The van der Waals surface area contributed by atoms with E-state index in [2.05, 4.69) is 10.3 Å². The summed E-state index contributed by atoms with van der Waals surface area (Å²) in [5.74, 6) is -0.775. The van der Waals surface area contributed by atoms with Crippen LogP contribution < -0.4 is 15.8 Å². The smallest absolute Gasteiger partial charge is 0.418 e. The molecule has 0 saturated heterocycles. The second kappa shape index (κ2) is 6.63. The van der Waals surface area contributed by atoms with Crippen molar-refractivity contribution < 1.29 is 32.2 Å². The first-order chi connectivity index (χ1) is 12.2. The van der Waals surface area contributed by atoms with E-state index in [1.54, 1.807) is 0 Å². The summed E-state index contributed by atoms with van der Waals surface area (Å²) in [6, 6.07) is 0.814. The molecule has 0 aliphatic heterocycles. The van der Waals surface area contributed by atoms with Gasteiger partial charge in [0.1, 0.15) is 12.2 Å². The monoisotopic (exact) mass is 389 g/mol. The number of hydrogen-bond donors (Lipinski definition) is 2. The fourth-order valence-corrected chi connectivity index (χ4v) is 3.62. The van der Waals surface area contributed by atoms with Crippen LogP contribution in [0.5, 0.6) is 5.88 Å². The Balaban J connectivity index is 1.91. The normalized spacial score (nSPS) is 19.7. The first-order valence-electron chi connectivity index (χ1n) is 7.53. The molecule has 0 bridgehead atoms. The van der Waals surface area contributed by atoms with Gasteiger partial charge >= 0.3 is 12.3 Å². The van der Waals surface area contributed by atoms with Gasteiger partial charge in [-0.3, -0.25) is 4.79 Å². The number of fused-ring (bicyclic) bond motifs is 1. The maximum atomic E-state index is 13.4. The van der Waals surface area contributed by atoms with Crippen LogP contribution in [0.3, 0.4) is 0 Å². The van der Waals surface area contributed by atoms with Crippen molar-refractivity contribution in [2.75, 3.05) is 7.05 Å². The lowest BCUT2D eigenvalue weighted by atomic mass is 9.92. The number of hydrogen-bond acceptors (Lipinski definition) is 6. The summed E-state index contributed by atoms with van der Waals surface area (Å²) in [6.07, 6.45) is -5.81. The van der Waals surface area contributed by atoms with Gasteiger partial charge in [0.2, 0.25) is 5.88 Å². The Morgan fingerprint density at radius 1 is 1.35 bits per heavy atom. The molecule has 0 unspecified atom stereocenters. The van der Waals surface area contributed by atoms with Gasteiger partial charge in [0.05, 0.1) is 21.3 Å². The first kappa shape index (κ1) is 18.2. The number of nitrogens with zero attached hydrogens (tertiary/aromatic N) is 1. The molecular formula is C15H14F3N3O4S. The fraction of sp³-hybridized carbons (Fsp3) is 0.400. The summed E-state index contributed by atoms with van der Waals surface area (Å²) in [5.41, 5.74) is 3.97. The number of halogens is 3. The topological polar surface area (TPSA) is 104 Å². The quantitative estimate of drug-likeness (QED) is 0.837. The van der Waals surface area contributed by atoms with Crippen LogP contribution >= 0.6 is 11.3 Å². The Labute approximate surface area is 149 Å². The van der Waals surface area contributed by atoms with Crippen LogP contribution in [-0.2, 0) is 10.9 Å². The summed E-state index contributed by atoms with van der Waals surface area (Å²) in [4.78, 5) is 26.6. The van der Waals surface area contributed by atoms with Gasteiger partial charge in [-0.15, -0.1) is 11.3 Å². The van der Waals surface area contributed by atoms with Crippen LogP contribution in [0.1, 0.15) is 28.8 Å². The van der Waals surface area contributed by atoms with Gasteiger partial charge in [-0.05, 0) is 0 Å². The zero-order valence-electron chi connectivity index (χ0n) is 13.4. The van der Waals surface area contributed by atoms with Gasteiger partial charge < -0.3 is 20.5 Å². The standard InChI is InChI=1S/C15H14F3N3O4S/c1-20-13(22)8-5-26-12-9(15(16,17)18)4-10(21-11(8)12)24-6-2-7(3-6)25-14(19)23/h4-7H,2-3H2,1H3,(H2,19,23)(H,20,22). The van der Waals surface area contributed by atoms with E-state index in [9.17, 15) is 22.8 Å². The maximum absolute atomic E-state index is 13.4. The van der Waals surface area contributed by atoms with E-state index in [1.807, 2.05) is 0 Å². The average molecular weight is 389 g/mol. The van der Waals surface area contributed by atoms with Crippen LogP contribution in [-0.4, -0.2) is 36.2 Å². The van der Waals surface area contributed by atoms with Gasteiger partial charge in [0.15, 0.2) is 0 Å². The number of aromatic nitrogens is 1. The number of carbonyl (C=O) groups excluding carboxylic acids is 2. The van der Waals surface area contributed by atoms with Crippen molar-refractivity contribution in [1.82, 2.24) is 10.3 Å². The van der Waals surface area contributed by atoms with E-state index in [4.69, 9.17) is 15.2 Å². The average Bonchev–Trinajstić information content (AvgIpc) is 2.93. The molecule has 2 aromatic heterocycles. The lowest BCUT2D eigenvalue weighted by molar-refractivity contribution is -0.136. The molecule has 1 saturated carbocycles. The molecule has 3 rings (SSSR count). The minimum atomic E-state index is -4.62. The summed E-state index contributed by atoms with van der Waals surface area (Å²) >= 11 is 0.795. The van der Waals surface area contributed by atoms with Crippen molar-refractivity contribution in [2.45, 2.75) is 31.2 Å². The van der Waals surface area contributed by atoms with Crippen molar-refractivity contribution in [3.8, 4) is 5.88 Å². The van der Waals surface area contributed by atoms with Crippen LogP contribution in [0.15, 0.2) is 11.4 Å². The van der Waals surface area contributed by atoms with Crippen LogP contribution in [0.25, 0.3) is 10.2 Å². The Kier molecular flexibility index (Phi) is 4.65. The Hall–Kier alpha value is -2.56. The number of nitrogens with one attached hydrogen (secondary N) is 1. The molecule has 1 aliphatic carbocycles. The van der Waals surface area contributed by atoms with Gasteiger partial charge in [0.25, 0.3) is 5.91 Å². The summed E-state index contributed by atoms with van der Waals surface area (Å²) < 4.78 is 50.2. The Morgan fingerprint density at radius 3 is 2.62 bits per heavy atom.